The molecule has 27 heavy (non-hydrogen) atoms. The lowest BCUT2D eigenvalue weighted by atomic mass is 10.0. The predicted molar refractivity (Wildman–Crippen MR) is 109 cm³/mol. The fraction of sp³-hybridized carbons (Fsp3) is 0.619. The van der Waals surface area contributed by atoms with Crippen LogP contribution in [0.15, 0.2) is 23.2 Å². The van der Waals surface area contributed by atoms with E-state index in [0.717, 1.165) is 42.8 Å². The Morgan fingerprint density at radius 2 is 1.93 bits per heavy atom. The molecule has 6 heteroatoms. The number of hydrogen-bond donors (Lipinski definition) is 0. The number of halogens is 1. The van der Waals surface area contributed by atoms with E-state index in [-0.39, 0.29) is 11.7 Å². The van der Waals surface area contributed by atoms with Crippen LogP contribution in [0.1, 0.15) is 43.7 Å². The molecule has 1 atom stereocenters. The van der Waals surface area contributed by atoms with E-state index in [1.165, 1.54) is 31.7 Å². The summed E-state index contributed by atoms with van der Waals surface area (Å²) in [7, 11) is 0. The molecule has 2 aliphatic heterocycles. The van der Waals surface area contributed by atoms with Gasteiger partial charge in [0.1, 0.15) is 11.4 Å². The van der Waals surface area contributed by atoms with E-state index >= 15 is 0 Å². The zero-order valence-corrected chi connectivity index (χ0v) is 17.0. The minimum Gasteiger partial charge on any atom is -0.338 e. The normalized spacial score (nSPS) is 27.2. The van der Waals surface area contributed by atoms with Crippen molar-refractivity contribution in [1.82, 2.24) is 9.80 Å². The molecule has 1 saturated heterocycles. The molecule has 1 aromatic carbocycles. The largest absolute Gasteiger partial charge is 0.338 e. The summed E-state index contributed by atoms with van der Waals surface area (Å²) >= 11 is 1.60. The van der Waals surface area contributed by atoms with Crippen molar-refractivity contribution in [2.75, 3.05) is 31.9 Å². The molecule has 4 nitrogen and oxygen atoms in total. The minimum atomic E-state index is -0.710. The van der Waals surface area contributed by atoms with Crippen LogP contribution in [-0.2, 0) is 4.79 Å². The second-order valence-corrected chi connectivity index (χ2v) is 9.17. The summed E-state index contributed by atoms with van der Waals surface area (Å²) in [6.45, 7) is 7.26. The van der Waals surface area contributed by atoms with E-state index in [4.69, 9.17) is 4.99 Å². The van der Waals surface area contributed by atoms with Crippen molar-refractivity contribution < 1.29 is 9.18 Å². The van der Waals surface area contributed by atoms with Gasteiger partial charge in [0.15, 0.2) is 0 Å². The van der Waals surface area contributed by atoms with Crippen molar-refractivity contribution >= 4 is 22.7 Å². The van der Waals surface area contributed by atoms with E-state index in [0.29, 0.717) is 11.3 Å². The first kappa shape index (κ1) is 18.9. The van der Waals surface area contributed by atoms with Gasteiger partial charge in [-0.25, -0.2) is 4.39 Å². The number of piperazine rings is 1. The van der Waals surface area contributed by atoms with Gasteiger partial charge in [0.25, 0.3) is 5.91 Å². The van der Waals surface area contributed by atoms with Crippen LogP contribution in [0.2, 0.25) is 0 Å². The monoisotopic (exact) mass is 389 g/mol. The number of aryl methyl sites for hydroxylation is 1. The molecule has 0 N–H and O–H groups in total. The van der Waals surface area contributed by atoms with Crippen LogP contribution in [0, 0.1) is 12.7 Å². The van der Waals surface area contributed by atoms with Gasteiger partial charge in [0.05, 0.1) is 5.04 Å². The summed E-state index contributed by atoms with van der Waals surface area (Å²) < 4.78 is 13.5. The van der Waals surface area contributed by atoms with E-state index in [1.54, 1.807) is 24.8 Å². The maximum absolute atomic E-state index is 13.5. The highest BCUT2D eigenvalue weighted by atomic mass is 32.2. The number of amides is 1. The molecule has 4 rings (SSSR count). The fourth-order valence-corrected chi connectivity index (χ4v) is 5.60. The highest BCUT2D eigenvalue weighted by Crippen LogP contribution is 2.33. The molecule has 0 spiro atoms. The highest BCUT2D eigenvalue weighted by molar-refractivity contribution is 8.14. The Bertz CT molecular complexity index is 754. The molecule has 1 unspecified atom stereocenters. The third-order valence-electron chi connectivity index (χ3n) is 6.15. The number of thioether (sulfide) groups is 1. The lowest BCUT2D eigenvalue weighted by Crippen LogP contribution is -2.56. The quantitative estimate of drug-likeness (QED) is 0.794. The summed E-state index contributed by atoms with van der Waals surface area (Å²) in [5.41, 5.74) is 0.804. The number of hydrogen-bond acceptors (Lipinski definition) is 4. The third kappa shape index (κ3) is 3.79. The fourth-order valence-electron chi connectivity index (χ4n) is 4.43. The van der Waals surface area contributed by atoms with Crippen LogP contribution >= 0.6 is 11.8 Å². The molecule has 1 amide bonds. The van der Waals surface area contributed by atoms with Crippen LogP contribution in [0.5, 0.6) is 0 Å². The van der Waals surface area contributed by atoms with Gasteiger partial charge in [-0.2, -0.15) is 0 Å². The molecule has 1 aliphatic carbocycles. The number of benzene rings is 1. The Hall–Kier alpha value is -1.40. The van der Waals surface area contributed by atoms with Crippen molar-refractivity contribution in [3.8, 4) is 0 Å². The molecule has 2 fully saturated rings. The zero-order chi connectivity index (χ0) is 19.0. The second kappa shape index (κ2) is 7.55. The van der Waals surface area contributed by atoms with Gasteiger partial charge < -0.3 is 4.90 Å². The van der Waals surface area contributed by atoms with Gasteiger partial charge in [-0.15, -0.1) is 11.8 Å². The first-order valence-corrected chi connectivity index (χ1v) is 11.0. The van der Waals surface area contributed by atoms with Gasteiger partial charge in [-0.3, -0.25) is 14.7 Å². The van der Waals surface area contributed by atoms with Crippen LogP contribution in [-0.4, -0.2) is 64.3 Å². The molecule has 0 bridgehead atoms. The topological polar surface area (TPSA) is 35.9 Å². The third-order valence-corrected chi connectivity index (χ3v) is 7.45. The Balaban J connectivity index is 1.42. The minimum absolute atomic E-state index is 0.134. The Labute approximate surface area is 165 Å². The van der Waals surface area contributed by atoms with Crippen LogP contribution in [0.4, 0.5) is 4.39 Å². The van der Waals surface area contributed by atoms with Crippen LogP contribution in [0.3, 0.4) is 0 Å². The SMILES string of the molecule is Cc1cc(C2=NC(C)(C(=O)N3CCN(C4CCCC4)CC3)CS2)ccc1F. The zero-order valence-electron chi connectivity index (χ0n) is 16.2. The van der Waals surface area contributed by atoms with E-state index in [1.807, 2.05) is 17.9 Å². The lowest BCUT2D eigenvalue weighted by molar-refractivity contribution is -0.137. The number of aliphatic imine (C=N–C) groups is 1. The van der Waals surface area contributed by atoms with Crippen molar-refractivity contribution in [2.24, 2.45) is 4.99 Å². The van der Waals surface area contributed by atoms with Crippen LogP contribution in [0.25, 0.3) is 0 Å². The summed E-state index contributed by atoms with van der Waals surface area (Å²) in [6.07, 6.45) is 5.32. The van der Waals surface area contributed by atoms with Gasteiger partial charge in [-0.05, 0) is 50.5 Å². The van der Waals surface area contributed by atoms with Crippen molar-refractivity contribution in [2.45, 2.75) is 51.1 Å². The van der Waals surface area contributed by atoms with Crippen molar-refractivity contribution in [1.29, 1.82) is 0 Å². The molecule has 1 aromatic rings. The first-order valence-electron chi connectivity index (χ1n) is 9.99. The van der Waals surface area contributed by atoms with Crippen LogP contribution < -0.4 is 0 Å². The molecule has 0 aromatic heterocycles. The van der Waals surface area contributed by atoms with E-state index < -0.39 is 5.54 Å². The van der Waals surface area contributed by atoms with Crippen molar-refractivity contribution in [3.05, 3.63) is 35.1 Å². The summed E-state index contributed by atoms with van der Waals surface area (Å²) in [4.78, 5) is 22.5. The van der Waals surface area contributed by atoms with Gasteiger partial charge in [0, 0.05) is 43.5 Å². The average molecular weight is 390 g/mol. The average Bonchev–Trinajstić information content (AvgIpc) is 3.34. The smallest absolute Gasteiger partial charge is 0.251 e. The number of carbonyl (C=O) groups excluding carboxylic acids is 1. The summed E-state index contributed by atoms with van der Waals surface area (Å²) in [5.74, 6) is 0.580. The molecule has 0 radical (unpaired) electrons. The number of rotatable bonds is 3. The van der Waals surface area contributed by atoms with Crippen molar-refractivity contribution in [3.63, 3.8) is 0 Å². The summed E-state index contributed by atoms with van der Waals surface area (Å²) in [6, 6.07) is 5.78. The first-order chi connectivity index (χ1) is 13.0. The molecule has 1 saturated carbocycles. The van der Waals surface area contributed by atoms with Gasteiger partial charge in [0.2, 0.25) is 0 Å². The molecular weight excluding hydrogens is 361 g/mol. The van der Waals surface area contributed by atoms with E-state index in [2.05, 4.69) is 4.90 Å². The number of nitrogens with zero attached hydrogens (tertiary/aromatic N) is 3. The van der Waals surface area contributed by atoms with Gasteiger partial charge in [-0.1, -0.05) is 12.8 Å². The molecule has 2 heterocycles. The lowest BCUT2D eigenvalue weighted by Gasteiger charge is -2.40. The Kier molecular flexibility index (Phi) is 5.30. The maximum atomic E-state index is 13.5. The molecular formula is C21H28FN3OS. The molecule has 146 valence electrons. The highest BCUT2D eigenvalue weighted by Gasteiger charge is 2.42. The second-order valence-electron chi connectivity index (χ2n) is 8.21. The Morgan fingerprint density at radius 3 is 2.59 bits per heavy atom. The maximum Gasteiger partial charge on any atom is 0.251 e. The Morgan fingerprint density at radius 1 is 1.22 bits per heavy atom. The molecule has 3 aliphatic rings. The van der Waals surface area contributed by atoms with E-state index in [9.17, 15) is 9.18 Å². The standard InChI is InChI=1S/C21H28FN3OS/c1-15-13-16(7-8-18(15)22)19-23-21(2,14-27-19)20(26)25-11-9-24(10-12-25)17-5-3-4-6-17/h7-8,13,17H,3-6,9-12,14H2,1-2H3. The predicted octanol–water partition coefficient (Wildman–Crippen LogP) is 3.47. The summed E-state index contributed by atoms with van der Waals surface area (Å²) in [5, 5.41) is 0.846. The number of carbonyl (C=O) groups is 1. The van der Waals surface area contributed by atoms with Gasteiger partial charge >= 0.3 is 0 Å².